The van der Waals surface area contributed by atoms with Crippen LogP contribution in [0.25, 0.3) is 10.2 Å². The van der Waals surface area contributed by atoms with Crippen LogP contribution in [0, 0.1) is 0 Å². The molecule has 1 amide bonds. The molecule has 1 atom stereocenters. The average Bonchev–Trinajstić information content (AvgIpc) is 3.02. The lowest BCUT2D eigenvalue weighted by atomic mass is 10.2. The third-order valence-corrected chi connectivity index (χ3v) is 4.96. The summed E-state index contributed by atoms with van der Waals surface area (Å²) < 4.78 is 6.49. The lowest BCUT2D eigenvalue weighted by Crippen LogP contribution is -3.08. The van der Waals surface area contributed by atoms with E-state index in [1.165, 1.54) is 4.70 Å². The van der Waals surface area contributed by atoms with Gasteiger partial charge in [-0.3, -0.25) is 4.79 Å². The highest BCUT2D eigenvalue weighted by atomic mass is 32.1. The number of carbonyl (C=O) groups is 1. The van der Waals surface area contributed by atoms with Crippen LogP contribution >= 0.6 is 11.3 Å². The molecule has 1 heterocycles. The lowest BCUT2D eigenvalue weighted by molar-refractivity contribution is -0.885. The summed E-state index contributed by atoms with van der Waals surface area (Å²) in [6, 6.07) is 15.8. The highest BCUT2D eigenvalue weighted by molar-refractivity contribution is 7.18. The molecule has 0 saturated carbocycles. The minimum absolute atomic E-state index is 0.0181. The Labute approximate surface area is 151 Å². The van der Waals surface area contributed by atoms with Gasteiger partial charge >= 0.3 is 0 Å². The topological polar surface area (TPSA) is 55.7 Å². The lowest BCUT2D eigenvalue weighted by Gasteiger charge is -2.13. The molecule has 0 saturated heterocycles. The number of likely N-dealkylation sites (N-methyl/N-ethyl adjacent to an activating group) is 1. The number of nitrogens with one attached hydrogen (secondary N) is 2. The second-order valence-corrected chi connectivity index (χ2v) is 7.09. The van der Waals surface area contributed by atoms with Gasteiger partial charge < -0.3 is 15.0 Å². The summed E-state index contributed by atoms with van der Waals surface area (Å²) in [4.78, 5) is 17.9. The van der Waals surface area contributed by atoms with Crippen LogP contribution < -0.4 is 15.0 Å². The van der Waals surface area contributed by atoms with Crippen molar-refractivity contribution in [1.29, 1.82) is 0 Å². The van der Waals surface area contributed by atoms with Crippen molar-refractivity contribution in [1.82, 2.24) is 10.3 Å². The fourth-order valence-corrected chi connectivity index (χ4v) is 3.78. The number of benzene rings is 2. The number of thiazole rings is 1. The monoisotopic (exact) mass is 356 g/mol. The number of nitrogens with zero attached hydrogens (tertiary/aromatic N) is 1. The fourth-order valence-electron chi connectivity index (χ4n) is 2.70. The smallest absolute Gasteiger partial charge is 0.275 e. The van der Waals surface area contributed by atoms with E-state index in [-0.39, 0.29) is 5.91 Å². The molecule has 0 aliphatic heterocycles. The molecule has 3 rings (SSSR count). The maximum atomic E-state index is 12.2. The third-order valence-electron chi connectivity index (χ3n) is 3.92. The Bertz CT molecular complexity index is 830. The van der Waals surface area contributed by atoms with Crippen molar-refractivity contribution < 1.29 is 14.4 Å². The molecule has 0 aliphatic carbocycles. The Balaban J connectivity index is 1.52. The first-order valence-electron chi connectivity index (χ1n) is 8.20. The summed E-state index contributed by atoms with van der Waals surface area (Å²) in [5, 5.41) is 4.01. The zero-order valence-corrected chi connectivity index (χ0v) is 15.2. The molecular weight excluding hydrogens is 334 g/mol. The number of rotatable bonds is 7. The van der Waals surface area contributed by atoms with Crippen LogP contribution in [0.1, 0.15) is 10.6 Å². The van der Waals surface area contributed by atoms with Gasteiger partial charge in [-0.25, -0.2) is 4.98 Å². The number of para-hydroxylation sites is 2. The van der Waals surface area contributed by atoms with Crippen LogP contribution in [0.3, 0.4) is 0 Å². The summed E-state index contributed by atoms with van der Waals surface area (Å²) in [5.74, 6) is 0.808. The van der Waals surface area contributed by atoms with Crippen LogP contribution in [-0.2, 0) is 17.9 Å². The number of amides is 1. The summed E-state index contributed by atoms with van der Waals surface area (Å²) in [6.07, 6.45) is 0. The molecule has 6 heteroatoms. The standard InChI is InChI=1S/C19H21N3O2S/c1-22(13-19-21-15-8-4-6-10-17(15)25-19)12-18(23)20-11-14-7-3-5-9-16(14)24-2/h3-10H,11-13H2,1-2H3,(H,20,23)/p+1. The van der Waals surface area contributed by atoms with Gasteiger partial charge in [0, 0.05) is 12.1 Å². The quantitative estimate of drug-likeness (QED) is 0.677. The molecule has 0 bridgehead atoms. The zero-order valence-electron chi connectivity index (χ0n) is 14.4. The van der Waals surface area contributed by atoms with Crippen molar-refractivity contribution in [3.8, 4) is 5.75 Å². The number of ether oxygens (including phenoxy) is 1. The Morgan fingerprint density at radius 3 is 2.76 bits per heavy atom. The van der Waals surface area contributed by atoms with Gasteiger partial charge in [0.15, 0.2) is 6.54 Å². The number of hydrogen-bond donors (Lipinski definition) is 2. The molecular formula is C19H22N3O2S+. The third kappa shape index (κ3) is 4.55. The number of methoxy groups -OCH3 is 1. The minimum Gasteiger partial charge on any atom is -0.496 e. The normalized spacial score (nSPS) is 12.1. The van der Waals surface area contributed by atoms with Crippen LogP contribution in [0.15, 0.2) is 48.5 Å². The Morgan fingerprint density at radius 1 is 1.20 bits per heavy atom. The van der Waals surface area contributed by atoms with Crippen molar-refractivity contribution in [2.45, 2.75) is 13.1 Å². The van der Waals surface area contributed by atoms with E-state index in [4.69, 9.17) is 4.74 Å². The summed E-state index contributed by atoms with van der Waals surface area (Å²) in [7, 11) is 3.64. The van der Waals surface area contributed by atoms with Crippen molar-refractivity contribution in [2.75, 3.05) is 20.7 Å². The first kappa shape index (κ1) is 17.4. The van der Waals surface area contributed by atoms with Gasteiger partial charge in [0.05, 0.1) is 24.4 Å². The van der Waals surface area contributed by atoms with Gasteiger partial charge in [-0.05, 0) is 18.2 Å². The van der Waals surface area contributed by atoms with E-state index in [0.29, 0.717) is 13.1 Å². The first-order valence-corrected chi connectivity index (χ1v) is 9.01. The van der Waals surface area contributed by atoms with Gasteiger partial charge in [0.1, 0.15) is 17.3 Å². The van der Waals surface area contributed by atoms with Crippen LogP contribution in [0.4, 0.5) is 0 Å². The Kier molecular flexibility index (Phi) is 5.63. The molecule has 2 aromatic carbocycles. The van der Waals surface area contributed by atoms with Gasteiger partial charge in [0.25, 0.3) is 5.91 Å². The molecule has 0 radical (unpaired) electrons. The van der Waals surface area contributed by atoms with Gasteiger partial charge in [-0.2, -0.15) is 0 Å². The predicted molar refractivity (Wildman–Crippen MR) is 99.9 cm³/mol. The molecule has 0 aliphatic rings. The van der Waals surface area contributed by atoms with E-state index in [2.05, 4.69) is 16.4 Å². The van der Waals surface area contributed by atoms with Crippen LogP contribution in [0.2, 0.25) is 0 Å². The predicted octanol–water partition coefficient (Wildman–Crippen LogP) is 1.64. The number of aromatic nitrogens is 1. The summed E-state index contributed by atoms with van der Waals surface area (Å²) in [6.45, 7) is 1.61. The molecule has 1 unspecified atom stereocenters. The SMILES string of the molecule is COc1ccccc1CNC(=O)C[NH+](C)Cc1nc2ccccc2s1. The molecule has 3 aromatic rings. The maximum Gasteiger partial charge on any atom is 0.275 e. The van der Waals surface area contributed by atoms with Crippen LogP contribution in [0.5, 0.6) is 5.75 Å². The second kappa shape index (κ2) is 8.09. The number of hydrogen-bond acceptors (Lipinski definition) is 4. The van der Waals surface area contributed by atoms with E-state index in [1.54, 1.807) is 18.4 Å². The van der Waals surface area contributed by atoms with E-state index in [9.17, 15) is 4.79 Å². The molecule has 2 N–H and O–H groups in total. The number of quaternary nitrogens is 1. The maximum absolute atomic E-state index is 12.2. The molecule has 1 aromatic heterocycles. The minimum atomic E-state index is 0.0181. The molecule has 0 fully saturated rings. The second-order valence-electron chi connectivity index (χ2n) is 5.97. The highest BCUT2D eigenvalue weighted by Gasteiger charge is 2.13. The Morgan fingerprint density at radius 2 is 1.96 bits per heavy atom. The Hall–Kier alpha value is -2.44. The first-order chi connectivity index (χ1) is 12.2. The van der Waals surface area contributed by atoms with Crippen molar-refractivity contribution in [3.05, 3.63) is 59.1 Å². The number of fused-ring (bicyclic) bond motifs is 1. The average molecular weight is 356 g/mol. The van der Waals surface area contributed by atoms with Gasteiger partial charge in [-0.1, -0.05) is 30.3 Å². The van der Waals surface area contributed by atoms with Gasteiger partial charge in [0.2, 0.25) is 0 Å². The molecule has 25 heavy (non-hydrogen) atoms. The largest absolute Gasteiger partial charge is 0.496 e. The molecule has 130 valence electrons. The van der Waals surface area contributed by atoms with Crippen molar-refractivity contribution in [3.63, 3.8) is 0 Å². The summed E-state index contributed by atoms with van der Waals surface area (Å²) >= 11 is 1.69. The fraction of sp³-hybridized carbons (Fsp3) is 0.263. The number of carbonyl (C=O) groups excluding carboxylic acids is 1. The van der Waals surface area contributed by atoms with Crippen LogP contribution in [-0.4, -0.2) is 31.6 Å². The highest BCUT2D eigenvalue weighted by Crippen LogP contribution is 2.20. The van der Waals surface area contributed by atoms with E-state index in [0.717, 1.165) is 33.3 Å². The molecule has 5 nitrogen and oxygen atoms in total. The summed E-state index contributed by atoms with van der Waals surface area (Å²) in [5.41, 5.74) is 2.00. The molecule has 0 spiro atoms. The zero-order chi connectivity index (χ0) is 17.6. The van der Waals surface area contributed by atoms with E-state index < -0.39 is 0 Å². The van der Waals surface area contributed by atoms with E-state index >= 15 is 0 Å². The van der Waals surface area contributed by atoms with Crippen molar-refractivity contribution >= 4 is 27.5 Å². The van der Waals surface area contributed by atoms with Gasteiger partial charge in [-0.15, -0.1) is 11.3 Å². The van der Waals surface area contributed by atoms with E-state index in [1.807, 2.05) is 49.5 Å². The van der Waals surface area contributed by atoms with Crippen molar-refractivity contribution in [2.24, 2.45) is 0 Å².